The van der Waals surface area contributed by atoms with Crippen LogP contribution in [0.1, 0.15) is 37.7 Å². The molecule has 3 aromatic rings. The number of hydrogen-bond donors (Lipinski definition) is 2. The Labute approximate surface area is 175 Å². The number of aromatic nitrogens is 4. The molecule has 2 fully saturated rings. The molecule has 0 radical (unpaired) electrons. The lowest BCUT2D eigenvalue weighted by Gasteiger charge is -2.24. The molecule has 154 valence electrons. The Morgan fingerprint density at radius 1 is 1.10 bits per heavy atom. The summed E-state index contributed by atoms with van der Waals surface area (Å²) in [7, 11) is 2.28. The minimum absolute atomic E-state index is 0.448. The largest absolute Gasteiger partial charge is 0.471 e. The molecular formula is C23H26N6O. The fourth-order valence-corrected chi connectivity index (χ4v) is 5.31. The zero-order valence-corrected chi connectivity index (χ0v) is 17.1. The molecule has 2 aromatic heterocycles. The van der Waals surface area contributed by atoms with Gasteiger partial charge in [0.2, 0.25) is 5.88 Å². The number of aromatic amines is 1. The Kier molecular flexibility index (Phi) is 4.23. The normalized spacial score (nSPS) is 25.2. The van der Waals surface area contributed by atoms with Crippen molar-refractivity contribution in [2.24, 2.45) is 0 Å². The Morgan fingerprint density at radius 2 is 2.00 bits per heavy atom. The molecule has 2 saturated heterocycles. The van der Waals surface area contributed by atoms with Gasteiger partial charge in [0.15, 0.2) is 0 Å². The molecule has 30 heavy (non-hydrogen) atoms. The van der Waals surface area contributed by atoms with Crippen LogP contribution in [-0.2, 0) is 6.61 Å². The molecule has 2 N–H and O–H groups in total. The molecule has 0 spiro atoms. The van der Waals surface area contributed by atoms with Gasteiger partial charge in [0, 0.05) is 35.4 Å². The molecule has 1 aromatic carbocycles. The van der Waals surface area contributed by atoms with Crippen molar-refractivity contribution in [2.45, 2.75) is 56.8 Å². The van der Waals surface area contributed by atoms with E-state index >= 15 is 0 Å². The first-order valence-corrected chi connectivity index (χ1v) is 10.9. The monoisotopic (exact) mass is 402 g/mol. The van der Waals surface area contributed by atoms with Crippen molar-refractivity contribution in [3.05, 3.63) is 42.4 Å². The van der Waals surface area contributed by atoms with Crippen LogP contribution in [0.2, 0.25) is 0 Å². The van der Waals surface area contributed by atoms with Crippen LogP contribution < -0.4 is 10.1 Å². The van der Waals surface area contributed by atoms with Crippen LogP contribution in [0.3, 0.4) is 0 Å². The van der Waals surface area contributed by atoms with E-state index in [1.807, 2.05) is 18.6 Å². The molecule has 5 heterocycles. The smallest absolute Gasteiger partial charge is 0.242 e. The quantitative estimate of drug-likeness (QED) is 0.693. The Hall–Kier alpha value is -2.93. The number of fused-ring (bicyclic) bond motifs is 5. The summed E-state index contributed by atoms with van der Waals surface area (Å²) in [5.74, 6) is 1.44. The summed E-state index contributed by atoms with van der Waals surface area (Å²) >= 11 is 0. The summed E-state index contributed by atoms with van der Waals surface area (Å²) < 4.78 is 6.00. The maximum Gasteiger partial charge on any atom is 0.242 e. The molecule has 0 aliphatic carbocycles. The van der Waals surface area contributed by atoms with Crippen molar-refractivity contribution in [2.75, 3.05) is 12.4 Å². The van der Waals surface area contributed by atoms with Crippen molar-refractivity contribution in [3.8, 4) is 28.3 Å². The highest BCUT2D eigenvalue weighted by molar-refractivity contribution is 5.75. The van der Waals surface area contributed by atoms with Gasteiger partial charge in [0.05, 0.1) is 12.4 Å². The third kappa shape index (κ3) is 3.04. The molecule has 0 saturated carbocycles. The maximum atomic E-state index is 6.00. The average Bonchev–Trinajstić information content (AvgIpc) is 3.38. The molecule has 3 unspecified atom stereocenters. The Bertz CT molecular complexity index is 1070. The first-order valence-electron chi connectivity index (χ1n) is 10.9. The van der Waals surface area contributed by atoms with E-state index in [-0.39, 0.29) is 0 Å². The van der Waals surface area contributed by atoms with Crippen LogP contribution in [0.5, 0.6) is 5.88 Å². The lowest BCUT2D eigenvalue weighted by Crippen LogP contribution is -2.32. The van der Waals surface area contributed by atoms with E-state index in [1.165, 1.54) is 32.1 Å². The minimum Gasteiger partial charge on any atom is -0.471 e. The predicted molar refractivity (Wildman–Crippen MR) is 115 cm³/mol. The zero-order valence-electron chi connectivity index (χ0n) is 17.1. The first kappa shape index (κ1) is 17.9. The maximum absolute atomic E-state index is 6.00. The molecule has 2 bridgehead atoms. The van der Waals surface area contributed by atoms with Gasteiger partial charge < -0.3 is 15.0 Å². The van der Waals surface area contributed by atoms with Crippen LogP contribution in [0.4, 0.5) is 5.82 Å². The second kappa shape index (κ2) is 7.09. The van der Waals surface area contributed by atoms with Crippen molar-refractivity contribution >= 4 is 5.82 Å². The lowest BCUT2D eigenvalue weighted by molar-refractivity contribution is 0.243. The van der Waals surface area contributed by atoms with Gasteiger partial charge in [-0.2, -0.15) is 10.1 Å². The van der Waals surface area contributed by atoms with Crippen molar-refractivity contribution in [1.82, 2.24) is 25.1 Å². The number of anilines is 1. The molecule has 7 nitrogen and oxygen atoms in total. The van der Waals surface area contributed by atoms with E-state index in [2.05, 4.69) is 45.7 Å². The number of H-pyrrole nitrogens is 1. The highest BCUT2D eigenvalue weighted by atomic mass is 16.5. The molecule has 3 aliphatic rings. The Balaban J connectivity index is 1.23. The van der Waals surface area contributed by atoms with E-state index < -0.39 is 0 Å². The summed E-state index contributed by atoms with van der Waals surface area (Å²) in [6.45, 7) is 0.504. The summed E-state index contributed by atoms with van der Waals surface area (Å²) in [6.07, 6.45) is 11.9. The highest BCUT2D eigenvalue weighted by Gasteiger charge is 2.35. The van der Waals surface area contributed by atoms with E-state index in [0.29, 0.717) is 24.6 Å². The number of nitrogens with one attached hydrogen (secondary N) is 2. The van der Waals surface area contributed by atoms with Gasteiger partial charge in [-0.3, -0.25) is 5.10 Å². The number of ether oxygens (including phenoxy) is 1. The molecule has 3 aliphatic heterocycles. The third-order valence-corrected chi connectivity index (χ3v) is 7.04. The van der Waals surface area contributed by atoms with Crippen LogP contribution in [0.25, 0.3) is 22.4 Å². The van der Waals surface area contributed by atoms with Gasteiger partial charge in [-0.05, 0) is 56.3 Å². The van der Waals surface area contributed by atoms with Gasteiger partial charge >= 0.3 is 0 Å². The summed E-state index contributed by atoms with van der Waals surface area (Å²) in [6, 6.07) is 8.25. The predicted octanol–water partition coefficient (Wildman–Crippen LogP) is 3.85. The highest BCUT2D eigenvalue weighted by Crippen LogP contribution is 2.38. The van der Waals surface area contributed by atoms with Crippen molar-refractivity contribution in [1.29, 1.82) is 0 Å². The standard InChI is InChI=1S/C23H26N6O/c1-29-18-4-3-17(9-19(29)6-5-18)27-21-12-24-22-20-7-2-14(16-10-25-26-11-16)8-15(20)13-30-23(22)28-21/h2,7-8,10-12,17-19H,3-6,9,13H2,1H3,(H,25,26)(H,27,28). The second-order valence-electron chi connectivity index (χ2n) is 8.76. The molecule has 6 rings (SSSR count). The SMILES string of the molecule is CN1C2CCC(Nc3cnc4c(n3)OCc3cc(-c5cn[nH]c5)ccc3-4)CC1CC2. The summed E-state index contributed by atoms with van der Waals surface area (Å²) in [5, 5.41) is 10.5. The van der Waals surface area contributed by atoms with Crippen LogP contribution in [-0.4, -0.2) is 50.2 Å². The second-order valence-corrected chi connectivity index (χ2v) is 8.76. The van der Waals surface area contributed by atoms with E-state index in [4.69, 9.17) is 14.7 Å². The topological polar surface area (TPSA) is 79.0 Å². The number of nitrogens with zero attached hydrogens (tertiary/aromatic N) is 4. The molecule has 3 atom stereocenters. The van der Waals surface area contributed by atoms with E-state index in [0.717, 1.165) is 39.8 Å². The van der Waals surface area contributed by atoms with Gasteiger partial charge in [0.1, 0.15) is 18.1 Å². The molecule has 0 amide bonds. The average molecular weight is 403 g/mol. The number of hydrogen-bond acceptors (Lipinski definition) is 6. The van der Waals surface area contributed by atoms with Gasteiger partial charge in [-0.1, -0.05) is 12.1 Å². The fourth-order valence-electron chi connectivity index (χ4n) is 5.31. The zero-order chi connectivity index (χ0) is 20.1. The Morgan fingerprint density at radius 3 is 2.90 bits per heavy atom. The number of rotatable bonds is 3. The van der Waals surface area contributed by atoms with Gasteiger partial charge in [0.25, 0.3) is 0 Å². The van der Waals surface area contributed by atoms with E-state index in [1.54, 1.807) is 0 Å². The summed E-state index contributed by atoms with van der Waals surface area (Å²) in [5.41, 5.74) is 5.22. The lowest BCUT2D eigenvalue weighted by atomic mass is 9.97. The van der Waals surface area contributed by atoms with Crippen molar-refractivity contribution < 1.29 is 4.74 Å². The fraction of sp³-hybridized carbons (Fsp3) is 0.435. The van der Waals surface area contributed by atoms with Crippen LogP contribution in [0, 0.1) is 0 Å². The van der Waals surface area contributed by atoms with E-state index in [9.17, 15) is 0 Å². The molecule has 7 heteroatoms. The van der Waals surface area contributed by atoms with Crippen LogP contribution in [0.15, 0.2) is 36.8 Å². The summed E-state index contributed by atoms with van der Waals surface area (Å²) in [4.78, 5) is 12.1. The molecular weight excluding hydrogens is 376 g/mol. The number of benzene rings is 1. The first-order chi connectivity index (χ1) is 14.7. The minimum atomic E-state index is 0.448. The van der Waals surface area contributed by atoms with Gasteiger partial charge in [-0.25, -0.2) is 4.98 Å². The van der Waals surface area contributed by atoms with Gasteiger partial charge in [-0.15, -0.1) is 0 Å². The third-order valence-electron chi connectivity index (χ3n) is 7.04. The van der Waals surface area contributed by atoms with Crippen molar-refractivity contribution in [3.63, 3.8) is 0 Å². The van der Waals surface area contributed by atoms with Crippen LogP contribution >= 0.6 is 0 Å².